The number of nitrogens with one attached hydrogen (secondary N) is 1. The van der Waals surface area contributed by atoms with E-state index in [-0.39, 0.29) is 5.48 Å². The summed E-state index contributed by atoms with van der Waals surface area (Å²) in [5.41, 5.74) is 0. The second-order valence-corrected chi connectivity index (χ2v) is 4.64. The van der Waals surface area contributed by atoms with E-state index in [1.54, 1.807) is 0 Å². The van der Waals surface area contributed by atoms with Crippen molar-refractivity contribution < 1.29 is 9.96 Å². The summed E-state index contributed by atoms with van der Waals surface area (Å²) in [5, 5.41) is 3.46. The second-order valence-electron chi connectivity index (χ2n) is 4.64. The van der Waals surface area contributed by atoms with E-state index in [1.165, 1.54) is 69.4 Å². The Hall–Kier alpha value is -0.120. The summed E-state index contributed by atoms with van der Waals surface area (Å²) in [4.78, 5) is 0. The minimum atomic E-state index is 0. The molecule has 0 amide bonds. The van der Waals surface area contributed by atoms with Crippen LogP contribution < -0.4 is 5.32 Å². The van der Waals surface area contributed by atoms with Crippen LogP contribution in [-0.4, -0.2) is 49.2 Å². The lowest BCUT2D eigenvalue weighted by atomic mass is 10.1. The first-order chi connectivity index (χ1) is 6.83. The molecule has 1 aliphatic heterocycles. The van der Waals surface area contributed by atoms with E-state index in [4.69, 9.17) is 0 Å². The van der Waals surface area contributed by atoms with Gasteiger partial charge in [-0.05, 0) is 19.8 Å². The molecule has 92 valence electrons. The van der Waals surface area contributed by atoms with Crippen molar-refractivity contribution in [2.45, 2.75) is 39.5 Å². The second kappa shape index (κ2) is 8.08. The highest BCUT2D eigenvalue weighted by Gasteiger charge is 2.26. The summed E-state index contributed by atoms with van der Waals surface area (Å²) in [7, 11) is 0. The van der Waals surface area contributed by atoms with Gasteiger partial charge >= 0.3 is 0 Å². The van der Waals surface area contributed by atoms with Crippen LogP contribution in [0.15, 0.2) is 0 Å². The number of rotatable bonds is 6. The highest BCUT2D eigenvalue weighted by molar-refractivity contribution is 4.57. The van der Waals surface area contributed by atoms with Crippen LogP contribution in [0, 0.1) is 0 Å². The fourth-order valence-electron chi connectivity index (χ4n) is 2.44. The van der Waals surface area contributed by atoms with E-state index in [0.29, 0.717) is 0 Å². The summed E-state index contributed by atoms with van der Waals surface area (Å²) >= 11 is 0. The van der Waals surface area contributed by atoms with Gasteiger partial charge in [0.1, 0.15) is 0 Å². The van der Waals surface area contributed by atoms with Crippen LogP contribution >= 0.6 is 0 Å². The van der Waals surface area contributed by atoms with Crippen LogP contribution in [0.3, 0.4) is 0 Å². The van der Waals surface area contributed by atoms with E-state index >= 15 is 0 Å². The van der Waals surface area contributed by atoms with Crippen molar-refractivity contribution in [3.05, 3.63) is 0 Å². The maximum Gasteiger partial charge on any atom is 0.0913 e. The summed E-state index contributed by atoms with van der Waals surface area (Å²) in [6.07, 6.45) is 5.64. The third kappa shape index (κ3) is 4.96. The first kappa shape index (κ1) is 14.9. The molecular formula is C12H28N2O. The smallest absolute Gasteiger partial charge is 0.0913 e. The summed E-state index contributed by atoms with van der Waals surface area (Å²) in [6.45, 7) is 12.5. The molecule has 0 radical (unpaired) electrons. The van der Waals surface area contributed by atoms with Gasteiger partial charge < -0.3 is 15.3 Å². The van der Waals surface area contributed by atoms with Gasteiger partial charge in [0.15, 0.2) is 0 Å². The Morgan fingerprint density at radius 3 is 2.20 bits per heavy atom. The van der Waals surface area contributed by atoms with Crippen LogP contribution in [0.5, 0.6) is 0 Å². The zero-order valence-electron chi connectivity index (χ0n) is 10.5. The molecule has 0 bridgehead atoms. The van der Waals surface area contributed by atoms with Crippen molar-refractivity contribution in [1.82, 2.24) is 5.32 Å². The van der Waals surface area contributed by atoms with E-state index in [0.717, 1.165) is 0 Å². The van der Waals surface area contributed by atoms with Crippen molar-refractivity contribution in [1.29, 1.82) is 0 Å². The predicted octanol–water partition coefficient (Wildman–Crippen LogP) is 1.83. The number of likely N-dealkylation sites (N-methyl/N-ethyl adjacent to an activating group) is 1. The number of quaternary nitrogens is 1. The van der Waals surface area contributed by atoms with Crippen LogP contribution in [-0.2, 0) is 0 Å². The third-order valence-corrected chi connectivity index (χ3v) is 3.68. The quantitative estimate of drug-likeness (QED) is 0.543. The Kier molecular flexibility index (Phi) is 8.02. The summed E-state index contributed by atoms with van der Waals surface area (Å²) < 4.78 is 1.37. The lowest BCUT2D eigenvalue weighted by Crippen LogP contribution is -2.58. The topological polar surface area (TPSA) is 42.0 Å². The van der Waals surface area contributed by atoms with E-state index in [9.17, 15) is 0 Å². The van der Waals surface area contributed by atoms with Crippen molar-refractivity contribution in [3.8, 4) is 0 Å². The van der Waals surface area contributed by atoms with Crippen LogP contribution in [0.1, 0.15) is 39.5 Å². The zero-order chi connectivity index (χ0) is 10.3. The monoisotopic (exact) mass is 216 g/mol. The zero-order valence-corrected chi connectivity index (χ0v) is 10.5. The van der Waals surface area contributed by atoms with Gasteiger partial charge in [-0.1, -0.05) is 19.8 Å². The fraction of sp³-hybridized carbons (Fsp3) is 1.00. The van der Waals surface area contributed by atoms with Gasteiger partial charge in [-0.3, -0.25) is 0 Å². The van der Waals surface area contributed by atoms with Crippen LogP contribution in [0.25, 0.3) is 0 Å². The van der Waals surface area contributed by atoms with Gasteiger partial charge in [0.05, 0.1) is 26.2 Å². The minimum absolute atomic E-state index is 0. The molecule has 2 N–H and O–H groups in total. The molecule has 1 rings (SSSR count). The molecule has 15 heavy (non-hydrogen) atoms. The van der Waals surface area contributed by atoms with Crippen molar-refractivity contribution in [3.63, 3.8) is 0 Å². The van der Waals surface area contributed by atoms with Gasteiger partial charge in [0.25, 0.3) is 0 Å². The molecule has 3 heteroatoms. The van der Waals surface area contributed by atoms with Gasteiger partial charge in [0.2, 0.25) is 0 Å². The van der Waals surface area contributed by atoms with E-state index in [2.05, 4.69) is 19.2 Å². The Labute approximate surface area is 94.7 Å². The lowest BCUT2D eigenvalue weighted by molar-refractivity contribution is -0.928. The standard InChI is InChI=1S/C12H27N2.H2O/c1-3-5-6-7-10-14(4-2)11-8-13-9-12-14;/h13H,3-12H2,1-2H3;1H2/q+1;/p-1. The number of hydrogen-bond donors (Lipinski definition) is 1. The van der Waals surface area contributed by atoms with Crippen molar-refractivity contribution in [2.75, 3.05) is 39.3 Å². The molecule has 1 aliphatic rings. The molecule has 0 atom stereocenters. The maximum absolute atomic E-state index is 3.46. The largest absolute Gasteiger partial charge is 0.870 e. The molecule has 0 aromatic carbocycles. The first-order valence-corrected chi connectivity index (χ1v) is 6.39. The molecule has 0 aliphatic carbocycles. The molecule has 1 heterocycles. The molecule has 1 fully saturated rings. The molecular weight excluding hydrogens is 188 g/mol. The normalized spacial score (nSPS) is 19.6. The first-order valence-electron chi connectivity index (χ1n) is 6.39. The highest BCUT2D eigenvalue weighted by atomic mass is 16.0. The fourth-order valence-corrected chi connectivity index (χ4v) is 2.44. The minimum Gasteiger partial charge on any atom is -0.870 e. The Morgan fingerprint density at radius 2 is 1.67 bits per heavy atom. The molecule has 0 aromatic heterocycles. The van der Waals surface area contributed by atoms with Gasteiger partial charge in [-0.15, -0.1) is 0 Å². The maximum atomic E-state index is 3.46. The molecule has 0 saturated carbocycles. The predicted molar refractivity (Wildman–Crippen MR) is 64.3 cm³/mol. The van der Waals surface area contributed by atoms with Crippen molar-refractivity contribution in [2.24, 2.45) is 0 Å². The summed E-state index contributed by atoms with van der Waals surface area (Å²) in [6, 6.07) is 0. The number of hydrogen-bond acceptors (Lipinski definition) is 2. The lowest BCUT2D eigenvalue weighted by Gasteiger charge is -2.41. The Morgan fingerprint density at radius 1 is 1.00 bits per heavy atom. The molecule has 0 spiro atoms. The van der Waals surface area contributed by atoms with Gasteiger partial charge in [0, 0.05) is 13.1 Å². The number of nitrogens with zero attached hydrogens (tertiary/aromatic N) is 1. The Balaban J connectivity index is 0.00000196. The van der Waals surface area contributed by atoms with Crippen LogP contribution in [0.4, 0.5) is 0 Å². The average molecular weight is 216 g/mol. The molecule has 0 aromatic rings. The van der Waals surface area contributed by atoms with Crippen molar-refractivity contribution >= 4 is 0 Å². The number of piperazine rings is 1. The summed E-state index contributed by atoms with van der Waals surface area (Å²) in [5.74, 6) is 0. The number of unbranched alkanes of at least 4 members (excludes halogenated alkanes) is 3. The van der Waals surface area contributed by atoms with Gasteiger partial charge in [-0.25, -0.2) is 0 Å². The van der Waals surface area contributed by atoms with Gasteiger partial charge in [-0.2, -0.15) is 0 Å². The third-order valence-electron chi connectivity index (χ3n) is 3.68. The van der Waals surface area contributed by atoms with Crippen LogP contribution in [0.2, 0.25) is 0 Å². The van der Waals surface area contributed by atoms with E-state index in [1.807, 2.05) is 0 Å². The average Bonchev–Trinajstić information content (AvgIpc) is 2.26. The molecule has 1 saturated heterocycles. The van der Waals surface area contributed by atoms with E-state index < -0.39 is 0 Å². The Bertz CT molecular complexity index is 145. The highest BCUT2D eigenvalue weighted by Crippen LogP contribution is 2.12. The molecule has 0 unspecified atom stereocenters. The molecule has 3 nitrogen and oxygen atoms in total. The SMILES string of the molecule is CCCCCC[N+]1(CC)CCNCC1.[OH-].